The monoisotopic (exact) mass is 339 g/mol. The number of aryl methyl sites for hydroxylation is 1. The molecule has 19 heavy (non-hydrogen) atoms. The van der Waals surface area contributed by atoms with Crippen LogP contribution in [0.25, 0.3) is 0 Å². The molecule has 0 saturated heterocycles. The van der Waals surface area contributed by atoms with E-state index in [1.807, 2.05) is 13.0 Å². The van der Waals surface area contributed by atoms with Crippen LogP contribution >= 0.6 is 27.3 Å². The van der Waals surface area contributed by atoms with Gasteiger partial charge in [0.05, 0.1) is 10.6 Å². The lowest BCUT2D eigenvalue weighted by Crippen LogP contribution is -2.11. The van der Waals surface area contributed by atoms with Gasteiger partial charge in [-0.1, -0.05) is 12.1 Å². The third-order valence-corrected chi connectivity index (χ3v) is 4.53. The molecule has 0 aliphatic heterocycles. The van der Waals surface area contributed by atoms with E-state index in [1.54, 1.807) is 18.2 Å². The predicted octanol–water partition coefficient (Wildman–Crippen LogP) is 3.77. The molecule has 0 radical (unpaired) electrons. The van der Waals surface area contributed by atoms with Crippen molar-refractivity contribution in [1.29, 1.82) is 0 Å². The van der Waals surface area contributed by atoms with Crippen LogP contribution in [-0.4, -0.2) is 17.0 Å². The number of carboxylic acids is 1. The number of carboxylic acid groups (broad SMARTS) is 1. The molecule has 1 aromatic heterocycles. The summed E-state index contributed by atoms with van der Waals surface area (Å²) in [6.45, 7) is 1.90. The lowest BCUT2D eigenvalue weighted by Gasteiger charge is -2.06. The molecule has 0 saturated carbocycles. The highest BCUT2D eigenvalue weighted by molar-refractivity contribution is 9.10. The van der Waals surface area contributed by atoms with E-state index in [2.05, 4.69) is 21.2 Å². The Morgan fingerprint density at radius 3 is 2.63 bits per heavy atom. The fraction of sp³-hybridized carbons (Fsp3) is 0.0769. The van der Waals surface area contributed by atoms with Crippen LogP contribution in [0.4, 0.5) is 5.00 Å². The Bertz CT molecular complexity index is 651. The number of halogens is 1. The number of carbonyl (C=O) groups excluding carboxylic acids is 1. The minimum Gasteiger partial charge on any atom is -0.477 e. The van der Waals surface area contributed by atoms with E-state index in [1.165, 1.54) is 6.07 Å². The fourth-order valence-corrected chi connectivity index (χ4v) is 2.71. The molecule has 1 amide bonds. The maximum absolute atomic E-state index is 12.1. The molecule has 0 aliphatic rings. The predicted molar refractivity (Wildman–Crippen MR) is 78.1 cm³/mol. The van der Waals surface area contributed by atoms with Crippen LogP contribution in [-0.2, 0) is 0 Å². The summed E-state index contributed by atoms with van der Waals surface area (Å²) in [5, 5.41) is 12.0. The molecule has 0 fully saturated rings. The minimum atomic E-state index is -0.998. The topological polar surface area (TPSA) is 66.4 Å². The zero-order valence-corrected chi connectivity index (χ0v) is 12.3. The number of anilines is 1. The van der Waals surface area contributed by atoms with Crippen molar-refractivity contribution in [3.05, 3.63) is 50.8 Å². The number of carbonyl (C=O) groups is 2. The minimum absolute atomic E-state index is 0.193. The van der Waals surface area contributed by atoms with Gasteiger partial charge in [-0.05, 0) is 46.6 Å². The van der Waals surface area contributed by atoms with Gasteiger partial charge >= 0.3 is 5.97 Å². The van der Waals surface area contributed by atoms with Crippen LogP contribution in [0.3, 0.4) is 0 Å². The highest BCUT2D eigenvalue weighted by Crippen LogP contribution is 2.25. The third kappa shape index (κ3) is 3.02. The average molecular weight is 340 g/mol. The van der Waals surface area contributed by atoms with Crippen LogP contribution in [0.2, 0.25) is 0 Å². The van der Waals surface area contributed by atoms with Gasteiger partial charge in [0.15, 0.2) is 0 Å². The summed E-state index contributed by atoms with van der Waals surface area (Å²) in [7, 11) is 0. The van der Waals surface area contributed by atoms with E-state index in [-0.39, 0.29) is 10.8 Å². The first-order valence-corrected chi connectivity index (χ1v) is 6.99. The maximum atomic E-state index is 12.1. The zero-order valence-electron chi connectivity index (χ0n) is 9.94. The van der Waals surface area contributed by atoms with Crippen molar-refractivity contribution in [2.75, 3.05) is 5.32 Å². The van der Waals surface area contributed by atoms with Gasteiger partial charge in [-0.25, -0.2) is 4.79 Å². The van der Waals surface area contributed by atoms with Crippen LogP contribution in [0.5, 0.6) is 0 Å². The number of amides is 1. The van der Waals surface area contributed by atoms with Crippen molar-refractivity contribution < 1.29 is 14.7 Å². The molecule has 2 N–H and O–H groups in total. The molecule has 1 heterocycles. The van der Waals surface area contributed by atoms with Gasteiger partial charge in [0.25, 0.3) is 5.91 Å². The van der Waals surface area contributed by atoms with Crippen molar-refractivity contribution in [1.82, 2.24) is 0 Å². The Labute approximate surface area is 122 Å². The van der Waals surface area contributed by atoms with E-state index in [9.17, 15) is 9.59 Å². The van der Waals surface area contributed by atoms with Crippen LogP contribution in [0.1, 0.15) is 25.6 Å². The highest BCUT2D eigenvalue weighted by atomic mass is 79.9. The Morgan fingerprint density at radius 1 is 1.26 bits per heavy atom. The van der Waals surface area contributed by atoms with Crippen molar-refractivity contribution in [2.45, 2.75) is 6.92 Å². The Morgan fingerprint density at radius 2 is 2.00 bits per heavy atom. The van der Waals surface area contributed by atoms with Crippen LogP contribution in [0, 0.1) is 6.92 Å². The quantitative estimate of drug-likeness (QED) is 0.894. The SMILES string of the molecule is Cc1cccc(C(=O)Nc2ccc(C(=O)O)s2)c1Br. The molecular weight excluding hydrogens is 330 g/mol. The summed E-state index contributed by atoms with van der Waals surface area (Å²) in [6, 6.07) is 8.45. The van der Waals surface area contributed by atoms with E-state index in [4.69, 9.17) is 5.11 Å². The lowest BCUT2D eigenvalue weighted by molar-refractivity contribution is 0.0702. The maximum Gasteiger partial charge on any atom is 0.345 e. The molecule has 0 aliphatic carbocycles. The van der Waals surface area contributed by atoms with Gasteiger partial charge in [-0.2, -0.15) is 0 Å². The van der Waals surface area contributed by atoms with E-state index >= 15 is 0 Å². The second-order valence-electron chi connectivity index (χ2n) is 3.86. The smallest absolute Gasteiger partial charge is 0.345 e. The summed E-state index contributed by atoms with van der Waals surface area (Å²) in [5.74, 6) is -1.27. The van der Waals surface area contributed by atoms with Gasteiger partial charge < -0.3 is 10.4 Å². The normalized spacial score (nSPS) is 10.2. The molecule has 1 aromatic carbocycles. The van der Waals surface area contributed by atoms with Gasteiger partial charge in [0, 0.05) is 4.47 Å². The molecule has 2 rings (SSSR count). The van der Waals surface area contributed by atoms with Gasteiger partial charge in [-0.15, -0.1) is 11.3 Å². The number of aromatic carboxylic acids is 1. The number of nitrogens with one attached hydrogen (secondary N) is 1. The van der Waals surface area contributed by atoms with E-state index in [0.29, 0.717) is 10.6 Å². The molecule has 2 aromatic rings. The fourth-order valence-electron chi connectivity index (χ4n) is 1.52. The summed E-state index contributed by atoms with van der Waals surface area (Å²) in [4.78, 5) is 23.0. The molecule has 0 unspecified atom stereocenters. The van der Waals surface area contributed by atoms with Crippen molar-refractivity contribution >= 4 is 44.1 Å². The summed E-state index contributed by atoms with van der Waals surface area (Å²) in [6.07, 6.45) is 0. The Kier molecular flexibility index (Phi) is 4.01. The molecule has 0 bridgehead atoms. The highest BCUT2D eigenvalue weighted by Gasteiger charge is 2.13. The standard InChI is InChI=1S/C13H10BrNO3S/c1-7-3-2-4-8(11(7)14)12(16)15-10-6-5-9(19-10)13(17)18/h2-6H,1H3,(H,15,16)(H,17,18). The van der Waals surface area contributed by atoms with Crippen LogP contribution in [0.15, 0.2) is 34.8 Å². The first-order valence-electron chi connectivity index (χ1n) is 5.38. The molecule has 6 heteroatoms. The van der Waals surface area contributed by atoms with Gasteiger partial charge in [-0.3, -0.25) is 4.79 Å². The zero-order chi connectivity index (χ0) is 14.0. The summed E-state index contributed by atoms with van der Waals surface area (Å²) < 4.78 is 0.738. The molecule has 4 nitrogen and oxygen atoms in total. The lowest BCUT2D eigenvalue weighted by atomic mass is 10.1. The largest absolute Gasteiger partial charge is 0.477 e. The van der Waals surface area contributed by atoms with Gasteiger partial charge in [0.1, 0.15) is 4.88 Å². The number of hydrogen-bond acceptors (Lipinski definition) is 3. The average Bonchev–Trinajstić information content (AvgIpc) is 2.81. The van der Waals surface area contributed by atoms with E-state index < -0.39 is 5.97 Å². The van der Waals surface area contributed by atoms with E-state index in [0.717, 1.165) is 21.4 Å². The molecule has 98 valence electrons. The Hall–Kier alpha value is -1.66. The number of hydrogen-bond donors (Lipinski definition) is 2. The summed E-state index contributed by atoms with van der Waals surface area (Å²) in [5.41, 5.74) is 1.48. The number of benzene rings is 1. The van der Waals surface area contributed by atoms with Gasteiger partial charge in [0.2, 0.25) is 0 Å². The second kappa shape index (κ2) is 5.54. The van der Waals surface area contributed by atoms with Crippen LogP contribution < -0.4 is 5.32 Å². The molecular formula is C13H10BrNO3S. The first kappa shape index (κ1) is 13.8. The van der Waals surface area contributed by atoms with Crippen molar-refractivity contribution in [3.63, 3.8) is 0 Å². The first-order chi connectivity index (χ1) is 8.99. The number of rotatable bonds is 3. The second-order valence-corrected chi connectivity index (χ2v) is 5.74. The molecule has 0 spiro atoms. The van der Waals surface area contributed by atoms with Crippen molar-refractivity contribution in [2.24, 2.45) is 0 Å². The molecule has 0 atom stereocenters. The third-order valence-electron chi connectivity index (χ3n) is 2.49. The van der Waals surface area contributed by atoms with Crippen molar-refractivity contribution in [3.8, 4) is 0 Å². The summed E-state index contributed by atoms with van der Waals surface area (Å²) >= 11 is 4.40. The Balaban J connectivity index is 2.21. The number of thiophene rings is 1.